The second kappa shape index (κ2) is 6.30. The number of rotatable bonds is 4. The topological polar surface area (TPSA) is 54.0 Å². The molecule has 2 atom stereocenters. The molecule has 0 saturated carbocycles. The van der Waals surface area contributed by atoms with Crippen LogP contribution >= 0.6 is 0 Å². The molecule has 1 heterocycles. The monoisotopic (exact) mass is 314 g/mol. The molecule has 0 aliphatic carbocycles. The molecule has 23 heavy (non-hydrogen) atoms. The van der Waals surface area contributed by atoms with Crippen LogP contribution in [0.5, 0.6) is 11.5 Å². The average molecular weight is 314 g/mol. The van der Waals surface area contributed by atoms with E-state index in [1.54, 1.807) is 14.2 Å². The van der Waals surface area contributed by atoms with Gasteiger partial charge in [0.2, 0.25) is 0 Å². The van der Waals surface area contributed by atoms with Gasteiger partial charge in [-0.25, -0.2) is 4.79 Å². The van der Waals surface area contributed by atoms with Gasteiger partial charge in [0, 0.05) is 18.2 Å². The second-order valence-corrected chi connectivity index (χ2v) is 5.17. The number of fused-ring (bicyclic) bond motifs is 1. The number of cyclic esters (lactones) is 1. The van der Waals surface area contributed by atoms with Gasteiger partial charge in [0.05, 0.1) is 14.2 Å². The smallest absolute Gasteiger partial charge is 0.340 e. The van der Waals surface area contributed by atoms with Crippen LogP contribution in [0.25, 0.3) is 0 Å². The van der Waals surface area contributed by atoms with E-state index in [-0.39, 0.29) is 0 Å². The summed E-state index contributed by atoms with van der Waals surface area (Å²) >= 11 is 0. The van der Waals surface area contributed by atoms with Gasteiger partial charge in [-0.3, -0.25) is 0 Å². The van der Waals surface area contributed by atoms with Crippen LogP contribution < -0.4 is 9.47 Å². The number of carbonyl (C=O) groups is 1. The lowest BCUT2D eigenvalue weighted by atomic mass is 9.90. The first-order valence-corrected chi connectivity index (χ1v) is 7.23. The van der Waals surface area contributed by atoms with Crippen molar-refractivity contribution in [2.75, 3.05) is 21.3 Å². The van der Waals surface area contributed by atoms with Gasteiger partial charge in [-0.2, -0.15) is 0 Å². The third kappa shape index (κ3) is 2.64. The Morgan fingerprint density at radius 2 is 1.70 bits per heavy atom. The number of carbonyl (C=O) groups excluding carboxylic acids is 1. The lowest BCUT2D eigenvalue weighted by molar-refractivity contribution is -0.162. The fourth-order valence-electron chi connectivity index (χ4n) is 2.85. The Labute approximate surface area is 134 Å². The minimum atomic E-state index is -0.741. The molecule has 0 radical (unpaired) electrons. The van der Waals surface area contributed by atoms with Gasteiger partial charge in [0.25, 0.3) is 0 Å². The predicted molar refractivity (Wildman–Crippen MR) is 83.7 cm³/mol. The number of hydrogen-bond donors (Lipinski definition) is 0. The van der Waals surface area contributed by atoms with Crippen molar-refractivity contribution in [1.29, 1.82) is 0 Å². The van der Waals surface area contributed by atoms with Crippen LogP contribution in [0.3, 0.4) is 0 Å². The van der Waals surface area contributed by atoms with Gasteiger partial charge < -0.3 is 18.9 Å². The summed E-state index contributed by atoms with van der Waals surface area (Å²) in [7, 11) is 4.69. The van der Waals surface area contributed by atoms with Crippen LogP contribution in [0.1, 0.15) is 28.9 Å². The third-order valence-electron chi connectivity index (χ3n) is 3.97. The van der Waals surface area contributed by atoms with Gasteiger partial charge >= 0.3 is 5.97 Å². The van der Waals surface area contributed by atoms with E-state index in [4.69, 9.17) is 18.9 Å². The molecule has 5 nitrogen and oxygen atoms in total. The van der Waals surface area contributed by atoms with Crippen LogP contribution in [-0.4, -0.2) is 27.3 Å². The molecule has 0 aromatic heterocycles. The van der Waals surface area contributed by atoms with E-state index in [1.165, 1.54) is 7.11 Å². The van der Waals surface area contributed by atoms with Crippen molar-refractivity contribution in [2.45, 2.75) is 12.2 Å². The van der Waals surface area contributed by atoms with Crippen molar-refractivity contribution < 1.29 is 23.7 Å². The Balaban J connectivity index is 2.13. The Bertz CT molecular complexity index is 708. The molecule has 5 heteroatoms. The number of esters is 1. The van der Waals surface area contributed by atoms with E-state index in [1.807, 2.05) is 42.5 Å². The van der Waals surface area contributed by atoms with E-state index < -0.39 is 18.2 Å². The molecule has 2 aromatic rings. The second-order valence-electron chi connectivity index (χ2n) is 5.17. The van der Waals surface area contributed by atoms with Crippen molar-refractivity contribution in [3.63, 3.8) is 0 Å². The fourth-order valence-corrected chi connectivity index (χ4v) is 2.85. The van der Waals surface area contributed by atoms with Crippen molar-refractivity contribution >= 4 is 5.97 Å². The zero-order valence-electron chi connectivity index (χ0n) is 13.2. The first-order valence-electron chi connectivity index (χ1n) is 7.23. The molecule has 0 bridgehead atoms. The van der Waals surface area contributed by atoms with Gasteiger partial charge in [0.15, 0.2) is 12.2 Å². The summed E-state index contributed by atoms with van der Waals surface area (Å²) < 4.78 is 21.6. The van der Waals surface area contributed by atoms with Crippen LogP contribution in [-0.2, 0) is 14.3 Å². The Hall–Kier alpha value is -2.53. The van der Waals surface area contributed by atoms with E-state index in [0.717, 1.165) is 22.4 Å². The molecule has 1 aliphatic heterocycles. The molecular weight excluding hydrogens is 296 g/mol. The number of ether oxygens (including phenoxy) is 4. The van der Waals surface area contributed by atoms with Crippen LogP contribution in [0.15, 0.2) is 42.5 Å². The number of hydrogen-bond acceptors (Lipinski definition) is 5. The third-order valence-corrected chi connectivity index (χ3v) is 3.97. The lowest BCUT2D eigenvalue weighted by Crippen LogP contribution is -2.28. The zero-order chi connectivity index (χ0) is 16.4. The molecule has 0 N–H and O–H groups in total. The maximum absolute atomic E-state index is 12.3. The fraction of sp³-hybridized carbons (Fsp3) is 0.278. The number of methoxy groups -OCH3 is 3. The van der Waals surface area contributed by atoms with Crippen molar-refractivity contribution in [2.24, 2.45) is 0 Å². The molecule has 0 fully saturated rings. The molecule has 120 valence electrons. The van der Waals surface area contributed by atoms with E-state index in [0.29, 0.717) is 5.75 Å². The van der Waals surface area contributed by atoms with Gasteiger partial charge in [-0.05, 0) is 23.8 Å². The summed E-state index contributed by atoms with van der Waals surface area (Å²) in [6.07, 6.45) is -1.28. The quantitative estimate of drug-likeness (QED) is 0.812. The van der Waals surface area contributed by atoms with Crippen molar-refractivity contribution in [1.82, 2.24) is 0 Å². The van der Waals surface area contributed by atoms with Crippen LogP contribution in [0.4, 0.5) is 0 Å². The van der Waals surface area contributed by atoms with Gasteiger partial charge in [-0.1, -0.05) is 24.3 Å². The average Bonchev–Trinajstić information content (AvgIpc) is 2.60. The standard InChI is InChI=1S/C18H18O5/c1-20-12-9-7-11(8-10-12)16-15-13(5-4-6-14(15)21-2)17(22-3)18(19)23-16/h4-10,16-17H,1-3H3/t16-,17-/m0/s1. The zero-order valence-corrected chi connectivity index (χ0v) is 13.2. The van der Waals surface area contributed by atoms with E-state index in [2.05, 4.69) is 0 Å². The molecule has 3 rings (SSSR count). The van der Waals surface area contributed by atoms with E-state index >= 15 is 0 Å². The largest absolute Gasteiger partial charge is 0.497 e. The van der Waals surface area contributed by atoms with Crippen molar-refractivity contribution in [3.05, 3.63) is 59.2 Å². The highest BCUT2D eigenvalue weighted by Gasteiger charge is 2.38. The molecule has 1 aliphatic rings. The van der Waals surface area contributed by atoms with Crippen molar-refractivity contribution in [3.8, 4) is 11.5 Å². The summed E-state index contributed by atoms with van der Waals surface area (Å²) in [6.45, 7) is 0. The molecule has 0 amide bonds. The van der Waals surface area contributed by atoms with Gasteiger partial charge in [-0.15, -0.1) is 0 Å². The molecule has 0 spiro atoms. The maximum Gasteiger partial charge on any atom is 0.340 e. The molecular formula is C18H18O5. The molecule has 0 saturated heterocycles. The lowest BCUT2D eigenvalue weighted by Gasteiger charge is -2.31. The highest BCUT2D eigenvalue weighted by molar-refractivity contribution is 5.80. The van der Waals surface area contributed by atoms with Gasteiger partial charge in [0.1, 0.15) is 11.5 Å². The first-order chi connectivity index (χ1) is 11.2. The summed E-state index contributed by atoms with van der Waals surface area (Å²) in [4.78, 5) is 12.3. The normalized spacial score (nSPS) is 19.7. The maximum atomic E-state index is 12.3. The summed E-state index contributed by atoms with van der Waals surface area (Å²) in [6, 6.07) is 13.0. The van der Waals surface area contributed by atoms with Crippen LogP contribution in [0, 0.1) is 0 Å². The summed E-state index contributed by atoms with van der Waals surface area (Å²) in [5, 5.41) is 0. The minimum absolute atomic E-state index is 0.408. The summed E-state index contributed by atoms with van der Waals surface area (Å²) in [5.74, 6) is 0.998. The Morgan fingerprint density at radius 1 is 0.957 bits per heavy atom. The Kier molecular flexibility index (Phi) is 4.21. The minimum Gasteiger partial charge on any atom is -0.497 e. The predicted octanol–water partition coefficient (Wildman–Crippen LogP) is 3.04. The highest BCUT2D eigenvalue weighted by Crippen LogP contribution is 2.43. The SMILES string of the molecule is COc1ccc([C@@H]2OC(=O)[C@@H](OC)c3cccc(OC)c32)cc1. The summed E-state index contributed by atoms with van der Waals surface area (Å²) in [5.41, 5.74) is 2.43. The van der Waals surface area contributed by atoms with E-state index in [9.17, 15) is 4.79 Å². The Morgan fingerprint density at radius 3 is 2.30 bits per heavy atom. The highest BCUT2D eigenvalue weighted by atomic mass is 16.6. The molecule has 2 aromatic carbocycles. The number of benzene rings is 2. The molecule has 0 unspecified atom stereocenters. The first kappa shape index (κ1) is 15.4. The van der Waals surface area contributed by atoms with Crippen LogP contribution in [0.2, 0.25) is 0 Å².